The summed E-state index contributed by atoms with van der Waals surface area (Å²) in [5, 5.41) is 8.09. The first-order valence-corrected chi connectivity index (χ1v) is 10.5. The molecule has 1 saturated heterocycles. The molecule has 1 aromatic carbocycles. The van der Waals surface area contributed by atoms with Crippen LogP contribution in [0.1, 0.15) is 24.5 Å². The summed E-state index contributed by atoms with van der Waals surface area (Å²) < 4.78 is 39.9. The van der Waals surface area contributed by atoms with E-state index in [-0.39, 0.29) is 30.5 Å². The van der Waals surface area contributed by atoms with Crippen molar-refractivity contribution < 1.29 is 17.7 Å². The van der Waals surface area contributed by atoms with Gasteiger partial charge in [-0.2, -0.15) is 14.4 Å². The number of aryl methyl sites for hydroxylation is 2. The number of rotatable bonds is 5. The monoisotopic (exact) mass is 403 g/mol. The van der Waals surface area contributed by atoms with E-state index in [1.54, 1.807) is 4.68 Å². The fourth-order valence-electron chi connectivity index (χ4n) is 3.09. The Balaban J connectivity index is 1.55. The fourth-order valence-corrected chi connectivity index (χ4v) is 4.47. The van der Waals surface area contributed by atoms with Crippen LogP contribution in [0.25, 0.3) is 11.4 Å². The molecule has 3 heterocycles. The largest absolute Gasteiger partial charge is 0.366 e. The van der Waals surface area contributed by atoms with E-state index in [9.17, 15) is 8.42 Å². The first-order valence-electron chi connectivity index (χ1n) is 9.03. The Morgan fingerprint density at radius 2 is 2.11 bits per heavy atom. The maximum Gasteiger partial charge on any atom is 0.257 e. The first-order chi connectivity index (χ1) is 13.5. The van der Waals surface area contributed by atoms with Gasteiger partial charge in [-0.3, -0.25) is 4.68 Å². The molecule has 1 fully saturated rings. The number of ether oxygens (including phenoxy) is 1. The van der Waals surface area contributed by atoms with E-state index >= 15 is 0 Å². The molecule has 0 amide bonds. The van der Waals surface area contributed by atoms with Gasteiger partial charge in [-0.05, 0) is 19.4 Å². The lowest BCUT2D eigenvalue weighted by Crippen LogP contribution is -2.42. The van der Waals surface area contributed by atoms with E-state index in [2.05, 4.69) is 15.2 Å². The van der Waals surface area contributed by atoms with E-state index in [1.807, 2.05) is 38.1 Å². The van der Waals surface area contributed by atoms with E-state index in [0.29, 0.717) is 12.4 Å². The normalized spacial score (nSPS) is 18.4. The van der Waals surface area contributed by atoms with Crippen LogP contribution in [0.2, 0.25) is 0 Å². The number of sulfonamides is 1. The van der Waals surface area contributed by atoms with Crippen molar-refractivity contribution in [3.63, 3.8) is 0 Å². The third-order valence-electron chi connectivity index (χ3n) is 4.70. The minimum absolute atomic E-state index is 0.106. The second-order valence-electron chi connectivity index (χ2n) is 6.53. The Labute approximate surface area is 163 Å². The topological polar surface area (TPSA) is 103 Å². The summed E-state index contributed by atoms with van der Waals surface area (Å²) in [6.45, 7) is 5.08. The van der Waals surface area contributed by atoms with Gasteiger partial charge in [0.05, 0.1) is 12.8 Å². The molecule has 0 N–H and O–H groups in total. The highest BCUT2D eigenvalue weighted by Gasteiger charge is 2.35. The molecule has 0 radical (unpaired) electrons. The fraction of sp³-hybridized carbons (Fsp3) is 0.389. The lowest BCUT2D eigenvalue weighted by molar-refractivity contribution is -0.0199. The summed E-state index contributed by atoms with van der Waals surface area (Å²) in [5.74, 6) is 0.725. The molecular weight excluding hydrogens is 382 g/mol. The van der Waals surface area contributed by atoms with Crippen LogP contribution in [-0.2, 0) is 21.3 Å². The van der Waals surface area contributed by atoms with Crippen LogP contribution < -0.4 is 0 Å². The summed E-state index contributed by atoms with van der Waals surface area (Å²) in [4.78, 5) is 4.60. The third-order valence-corrected chi connectivity index (χ3v) is 6.52. The van der Waals surface area contributed by atoms with Gasteiger partial charge in [0, 0.05) is 31.4 Å². The minimum Gasteiger partial charge on any atom is -0.366 e. The smallest absolute Gasteiger partial charge is 0.257 e. The molecule has 148 valence electrons. The number of hydrogen-bond acceptors (Lipinski definition) is 7. The van der Waals surface area contributed by atoms with Crippen LogP contribution in [0.4, 0.5) is 0 Å². The van der Waals surface area contributed by atoms with Gasteiger partial charge in [-0.25, -0.2) is 8.42 Å². The molecule has 28 heavy (non-hydrogen) atoms. The van der Waals surface area contributed by atoms with Gasteiger partial charge in [0.15, 0.2) is 6.10 Å². The van der Waals surface area contributed by atoms with Gasteiger partial charge in [0.2, 0.25) is 15.8 Å². The van der Waals surface area contributed by atoms with Crippen molar-refractivity contribution in [1.82, 2.24) is 24.2 Å². The van der Waals surface area contributed by atoms with Gasteiger partial charge >= 0.3 is 0 Å². The van der Waals surface area contributed by atoms with E-state index < -0.39 is 16.1 Å². The maximum absolute atomic E-state index is 12.9. The molecule has 3 aromatic rings. The highest BCUT2D eigenvalue weighted by Crippen LogP contribution is 2.28. The highest BCUT2D eigenvalue weighted by atomic mass is 32.2. The van der Waals surface area contributed by atoms with Gasteiger partial charge in [-0.15, -0.1) is 0 Å². The van der Waals surface area contributed by atoms with E-state index in [4.69, 9.17) is 9.26 Å². The highest BCUT2D eigenvalue weighted by molar-refractivity contribution is 7.89. The van der Waals surface area contributed by atoms with Crippen LogP contribution in [0.5, 0.6) is 0 Å². The zero-order valence-electron chi connectivity index (χ0n) is 15.6. The Kier molecular flexibility index (Phi) is 5.00. The second-order valence-corrected chi connectivity index (χ2v) is 8.46. The molecule has 9 nitrogen and oxygen atoms in total. The summed E-state index contributed by atoms with van der Waals surface area (Å²) in [7, 11) is -3.66. The number of aromatic nitrogens is 4. The molecule has 0 bridgehead atoms. The van der Waals surface area contributed by atoms with Gasteiger partial charge in [0.1, 0.15) is 4.90 Å². The van der Waals surface area contributed by atoms with Crippen molar-refractivity contribution in [3.05, 3.63) is 48.1 Å². The molecule has 0 saturated carbocycles. The molecule has 1 atom stereocenters. The number of hydrogen-bond donors (Lipinski definition) is 0. The van der Waals surface area contributed by atoms with Crippen molar-refractivity contribution in [3.8, 4) is 11.4 Å². The van der Waals surface area contributed by atoms with Crippen molar-refractivity contribution in [2.75, 3.05) is 19.7 Å². The van der Waals surface area contributed by atoms with Crippen LogP contribution >= 0.6 is 0 Å². The lowest BCUT2D eigenvalue weighted by atomic mass is 10.1. The Hall–Kier alpha value is -2.56. The van der Waals surface area contributed by atoms with Gasteiger partial charge in [-0.1, -0.05) is 29.4 Å². The molecule has 0 unspecified atom stereocenters. The summed E-state index contributed by atoms with van der Waals surface area (Å²) in [6, 6.07) is 7.72. The zero-order valence-corrected chi connectivity index (χ0v) is 16.5. The molecule has 0 spiro atoms. The first kappa shape index (κ1) is 18.8. The maximum atomic E-state index is 12.9. The lowest BCUT2D eigenvalue weighted by Gasteiger charge is -2.29. The number of benzene rings is 1. The molecule has 2 aromatic heterocycles. The summed E-state index contributed by atoms with van der Waals surface area (Å²) in [6.07, 6.45) is 2.28. The SMILES string of the molecule is CCn1cc(S(=O)(=O)N2CCO[C@H](c3nc(-c4ccccc4C)no3)C2)cn1. The molecule has 0 aliphatic carbocycles. The van der Waals surface area contributed by atoms with Crippen LogP contribution in [0, 0.1) is 6.92 Å². The van der Waals surface area contributed by atoms with Crippen LogP contribution in [0.3, 0.4) is 0 Å². The summed E-state index contributed by atoms with van der Waals surface area (Å²) in [5.41, 5.74) is 1.89. The van der Waals surface area contributed by atoms with Crippen molar-refractivity contribution in [1.29, 1.82) is 0 Å². The molecule has 10 heteroatoms. The van der Waals surface area contributed by atoms with Gasteiger partial charge in [0.25, 0.3) is 5.89 Å². The predicted octanol–water partition coefficient (Wildman–Crippen LogP) is 2.02. The van der Waals surface area contributed by atoms with Crippen molar-refractivity contribution in [2.24, 2.45) is 0 Å². The van der Waals surface area contributed by atoms with Gasteiger partial charge < -0.3 is 9.26 Å². The minimum atomic E-state index is -3.66. The Morgan fingerprint density at radius 3 is 2.86 bits per heavy atom. The van der Waals surface area contributed by atoms with Crippen molar-refractivity contribution in [2.45, 2.75) is 31.4 Å². The Bertz CT molecular complexity index is 1080. The average Bonchev–Trinajstić information content (AvgIpc) is 3.38. The number of morpholine rings is 1. The molecular formula is C18H21N5O4S. The molecule has 4 rings (SSSR count). The molecule has 1 aliphatic heterocycles. The predicted molar refractivity (Wildman–Crippen MR) is 99.8 cm³/mol. The standard InChI is InChI=1S/C18H21N5O4S/c1-3-22-11-14(10-19-22)28(24,25)23-8-9-26-16(12-23)18-20-17(21-27-18)15-7-5-4-6-13(15)2/h4-7,10-11,16H,3,8-9,12H2,1-2H3/t16-/m0/s1. The van der Waals surface area contributed by atoms with E-state index in [0.717, 1.165) is 11.1 Å². The quantitative estimate of drug-likeness (QED) is 0.642. The van der Waals surface area contributed by atoms with Crippen LogP contribution in [-0.4, -0.2) is 52.3 Å². The van der Waals surface area contributed by atoms with Crippen LogP contribution in [0.15, 0.2) is 46.1 Å². The van der Waals surface area contributed by atoms with E-state index in [1.165, 1.54) is 16.7 Å². The Morgan fingerprint density at radius 1 is 1.29 bits per heavy atom. The third kappa shape index (κ3) is 3.46. The average molecular weight is 403 g/mol. The van der Waals surface area contributed by atoms with Crippen molar-refractivity contribution >= 4 is 10.0 Å². The number of nitrogens with zero attached hydrogens (tertiary/aromatic N) is 5. The second kappa shape index (κ2) is 7.46. The zero-order chi connectivity index (χ0) is 19.7. The molecule has 1 aliphatic rings. The summed E-state index contributed by atoms with van der Waals surface area (Å²) >= 11 is 0.